The normalized spacial score (nSPS) is 7.88. The summed E-state index contributed by atoms with van der Waals surface area (Å²) < 4.78 is 2.00. The Morgan fingerprint density at radius 1 is 0.941 bits per heavy atom. The number of benzene rings is 1. The lowest BCUT2D eigenvalue weighted by Gasteiger charge is -1.90. The maximum Gasteiger partial charge on any atom is 0.168 e. The summed E-state index contributed by atoms with van der Waals surface area (Å²) in [6.45, 7) is 0.640. The van der Waals surface area contributed by atoms with Gasteiger partial charge in [0.15, 0.2) is 12.4 Å². The van der Waals surface area contributed by atoms with Crippen molar-refractivity contribution in [3.8, 4) is 0 Å². The van der Waals surface area contributed by atoms with Gasteiger partial charge >= 0.3 is 0 Å². The minimum absolute atomic E-state index is 0. The minimum Gasteiger partial charge on any atom is -1.00 e. The first-order valence-corrected chi connectivity index (χ1v) is 4.97. The molecule has 2 N–H and O–H groups in total. The van der Waals surface area contributed by atoms with Crippen LogP contribution in [0.2, 0.25) is 0 Å². The van der Waals surface area contributed by atoms with Crippen LogP contribution in [0.25, 0.3) is 0 Å². The van der Waals surface area contributed by atoms with Gasteiger partial charge in [-0.3, -0.25) is 0 Å². The molecule has 0 saturated carbocycles. The third kappa shape index (κ3) is 8.69. The summed E-state index contributed by atoms with van der Waals surface area (Å²) >= 11 is 0. The van der Waals surface area contributed by atoms with Crippen LogP contribution in [0.3, 0.4) is 0 Å². The topological polar surface area (TPSA) is 29.9 Å². The van der Waals surface area contributed by atoms with Gasteiger partial charge in [0.1, 0.15) is 7.05 Å². The van der Waals surface area contributed by atoms with Crippen molar-refractivity contribution in [2.75, 3.05) is 0 Å². The van der Waals surface area contributed by atoms with Crippen molar-refractivity contribution in [3.05, 3.63) is 66.5 Å². The van der Waals surface area contributed by atoms with E-state index in [4.69, 9.17) is 5.73 Å². The van der Waals surface area contributed by atoms with Crippen molar-refractivity contribution in [2.45, 2.75) is 6.54 Å². The zero-order valence-corrected chi connectivity index (χ0v) is 11.4. The van der Waals surface area contributed by atoms with E-state index in [2.05, 4.69) is 0 Å². The smallest absolute Gasteiger partial charge is 0.168 e. The Bertz CT molecular complexity index is 366. The molecule has 0 radical (unpaired) electrons. The van der Waals surface area contributed by atoms with Crippen LogP contribution in [0.5, 0.6) is 0 Å². The fourth-order valence-corrected chi connectivity index (χ4v) is 1.10. The Labute approximate surface area is 115 Å². The van der Waals surface area contributed by atoms with Crippen LogP contribution >= 0.6 is 12.4 Å². The van der Waals surface area contributed by atoms with Crippen molar-refractivity contribution >= 4 is 12.4 Å². The zero-order chi connectivity index (χ0) is 10.9. The number of hydrogen-bond acceptors (Lipinski definition) is 1. The van der Waals surface area contributed by atoms with Crippen LogP contribution in [0.4, 0.5) is 0 Å². The molecular weight excluding hydrogens is 255 g/mol. The van der Waals surface area contributed by atoms with Crippen LogP contribution in [0, 0.1) is 0 Å². The maximum absolute atomic E-state index is 5.35. The number of hydrogen-bond donors (Lipinski definition) is 1. The molecule has 17 heavy (non-hydrogen) atoms. The third-order valence-corrected chi connectivity index (χ3v) is 1.94. The third-order valence-electron chi connectivity index (χ3n) is 1.94. The number of nitrogens with two attached hydrogens (primary N) is 1. The molecule has 1 aromatic heterocycles. The summed E-state index contributed by atoms with van der Waals surface area (Å²) in [4.78, 5) is 0. The largest absolute Gasteiger partial charge is 1.00 e. The molecule has 0 saturated heterocycles. The standard InChI is InChI=1S/C7H9N.C6H8N.2ClH/c8-6-7-4-2-1-3-5-7;1-7-5-3-2-4-6-7;;/h1-5H,6,8H2;2-6H,1H3;2*1H/q;+1;;/p-1. The Morgan fingerprint density at radius 3 is 1.71 bits per heavy atom. The lowest BCUT2D eigenvalue weighted by molar-refractivity contribution is -0.671. The van der Waals surface area contributed by atoms with Gasteiger partial charge in [0.2, 0.25) is 0 Å². The SMILES string of the molecule is C[n+]1ccccc1.Cl.NCc1ccccc1.[Cl-]. The van der Waals surface area contributed by atoms with Gasteiger partial charge in [0.05, 0.1) is 0 Å². The lowest BCUT2D eigenvalue weighted by atomic mass is 10.2. The molecule has 2 rings (SSSR count). The molecule has 0 aliphatic heterocycles. The predicted molar refractivity (Wildman–Crippen MR) is 69.2 cm³/mol. The molecule has 0 unspecified atom stereocenters. The van der Waals surface area contributed by atoms with Gasteiger partial charge in [0, 0.05) is 18.7 Å². The van der Waals surface area contributed by atoms with Gasteiger partial charge in [-0.2, -0.15) is 0 Å². The number of rotatable bonds is 1. The molecule has 0 fully saturated rings. The molecule has 0 amide bonds. The summed E-state index contributed by atoms with van der Waals surface area (Å²) in [5.41, 5.74) is 6.54. The fourth-order valence-electron chi connectivity index (χ4n) is 1.10. The zero-order valence-electron chi connectivity index (χ0n) is 9.79. The highest BCUT2D eigenvalue weighted by Gasteiger charge is 1.80. The number of halogens is 2. The molecule has 2 aromatic rings. The van der Waals surface area contributed by atoms with E-state index in [9.17, 15) is 0 Å². The molecule has 4 heteroatoms. The fraction of sp³-hybridized carbons (Fsp3) is 0.154. The summed E-state index contributed by atoms with van der Waals surface area (Å²) in [7, 11) is 2.00. The first kappa shape index (κ1) is 18.3. The summed E-state index contributed by atoms with van der Waals surface area (Å²) in [5, 5.41) is 0. The average molecular weight is 273 g/mol. The molecule has 94 valence electrons. The minimum atomic E-state index is 0. The number of pyridine rings is 1. The van der Waals surface area contributed by atoms with Gasteiger partial charge < -0.3 is 18.1 Å². The van der Waals surface area contributed by atoms with E-state index < -0.39 is 0 Å². The summed E-state index contributed by atoms with van der Waals surface area (Å²) in [6.07, 6.45) is 4.00. The first-order valence-electron chi connectivity index (χ1n) is 4.97. The molecule has 0 spiro atoms. The average Bonchev–Trinajstić information content (AvgIpc) is 2.32. The Morgan fingerprint density at radius 2 is 1.41 bits per heavy atom. The van der Waals surface area contributed by atoms with E-state index in [-0.39, 0.29) is 24.8 Å². The summed E-state index contributed by atoms with van der Waals surface area (Å²) in [5.74, 6) is 0. The second-order valence-corrected chi connectivity index (χ2v) is 3.23. The second kappa shape index (κ2) is 11.4. The van der Waals surface area contributed by atoms with Crippen LogP contribution in [0.15, 0.2) is 60.9 Å². The highest BCUT2D eigenvalue weighted by molar-refractivity contribution is 5.85. The van der Waals surface area contributed by atoms with Crippen LogP contribution in [0.1, 0.15) is 5.56 Å². The number of aryl methyl sites for hydroxylation is 1. The molecule has 1 aromatic carbocycles. The van der Waals surface area contributed by atoms with Gasteiger partial charge in [-0.1, -0.05) is 36.4 Å². The van der Waals surface area contributed by atoms with Crippen LogP contribution in [-0.4, -0.2) is 0 Å². The van der Waals surface area contributed by atoms with E-state index in [1.807, 2.05) is 72.5 Å². The van der Waals surface area contributed by atoms with Gasteiger partial charge in [-0.25, -0.2) is 4.57 Å². The quantitative estimate of drug-likeness (QED) is 0.669. The van der Waals surface area contributed by atoms with Crippen molar-refractivity contribution in [2.24, 2.45) is 12.8 Å². The van der Waals surface area contributed by atoms with Crippen molar-refractivity contribution in [3.63, 3.8) is 0 Å². The first-order chi connectivity index (χ1) is 7.33. The van der Waals surface area contributed by atoms with Crippen molar-refractivity contribution in [1.29, 1.82) is 0 Å². The number of nitrogens with zero attached hydrogens (tertiary/aromatic N) is 1. The van der Waals surface area contributed by atoms with Crippen molar-refractivity contribution < 1.29 is 17.0 Å². The van der Waals surface area contributed by atoms with Gasteiger partial charge in [-0.15, -0.1) is 12.4 Å². The Kier molecular flexibility index (Phi) is 12.3. The van der Waals surface area contributed by atoms with E-state index >= 15 is 0 Å². The molecule has 1 heterocycles. The van der Waals surface area contributed by atoms with E-state index in [0.29, 0.717) is 6.54 Å². The summed E-state index contributed by atoms with van der Waals surface area (Å²) in [6, 6.07) is 16.0. The highest BCUT2D eigenvalue weighted by atomic mass is 35.5. The van der Waals surface area contributed by atoms with E-state index in [1.165, 1.54) is 5.56 Å². The van der Waals surface area contributed by atoms with Crippen LogP contribution in [-0.2, 0) is 13.6 Å². The van der Waals surface area contributed by atoms with E-state index in [1.54, 1.807) is 0 Å². The monoisotopic (exact) mass is 272 g/mol. The van der Waals surface area contributed by atoms with Crippen molar-refractivity contribution in [1.82, 2.24) is 0 Å². The maximum atomic E-state index is 5.35. The Hall–Kier alpha value is -1.09. The molecule has 2 nitrogen and oxygen atoms in total. The lowest BCUT2D eigenvalue weighted by Crippen LogP contribution is -3.00. The van der Waals surface area contributed by atoms with Crippen LogP contribution < -0.4 is 22.7 Å². The van der Waals surface area contributed by atoms with E-state index in [0.717, 1.165) is 0 Å². The number of aromatic nitrogens is 1. The van der Waals surface area contributed by atoms with Gasteiger partial charge in [0.25, 0.3) is 0 Å². The van der Waals surface area contributed by atoms with Gasteiger partial charge in [-0.05, 0) is 5.56 Å². The molecule has 0 bridgehead atoms. The second-order valence-electron chi connectivity index (χ2n) is 3.23. The molecule has 0 aliphatic carbocycles. The molecule has 0 atom stereocenters. The Balaban J connectivity index is 0. The molecular formula is C13H18Cl2N2. The highest BCUT2D eigenvalue weighted by Crippen LogP contribution is 1.94. The molecule has 0 aliphatic rings. The predicted octanol–water partition coefficient (Wildman–Crippen LogP) is -0.918.